The van der Waals surface area contributed by atoms with Gasteiger partial charge in [0.15, 0.2) is 0 Å². The largest absolute Gasteiger partial charge is 0.480 e. The van der Waals surface area contributed by atoms with E-state index >= 15 is 0 Å². The summed E-state index contributed by atoms with van der Waals surface area (Å²) in [5.74, 6) is -1.52. The SMILES string of the molecule is COC1CCN(C[C@@H]2OC(C(=O)O)=C[C@H](N)[C@H]2NC(C)=O)CC1. The molecule has 0 saturated carbocycles. The first-order valence-corrected chi connectivity index (χ1v) is 7.80. The lowest BCUT2D eigenvalue weighted by Gasteiger charge is -2.39. The van der Waals surface area contributed by atoms with E-state index in [-0.39, 0.29) is 17.8 Å². The van der Waals surface area contributed by atoms with E-state index in [0.29, 0.717) is 6.54 Å². The maximum atomic E-state index is 11.4. The van der Waals surface area contributed by atoms with Crippen molar-refractivity contribution in [1.82, 2.24) is 10.2 Å². The lowest BCUT2D eigenvalue weighted by molar-refractivity contribution is -0.139. The van der Waals surface area contributed by atoms with Crippen molar-refractivity contribution in [3.05, 3.63) is 11.8 Å². The lowest BCUT2D eigenvalue weighted by atomic mass is 9.97. The fourth-order valence-electron chi connectivity index (χ4n) is 3.08. The molecule has 0 aromatic carbocycles. The molecule has 4 N–H and O–H groups in total. The van der Waals surface area contributed by atoms with E-state index in [2.05, 4.69) is 10.2 Å². The first kappa shape index (κ1) is 17.7. The molecular weight excluding hydrogens is 302 g/mol. The molecule has 2 aliphatic rings. The zero-order valence-corrected chi connectivity index (χ0v) is 13.5. The molecule has 8 nitrogen and oxygen atoms in total. The summed E-state index contributed by atoms with van der Waals surface area (Å²) in [5, 5.41) is 11.9. The van der Waals surface area contributed by atoms with Crippen LogP contribution in [0.1, 0.15) is 19.8 Å². The first-order valence-electron chi connectivity index (χ1n) is 7.80. The van der Waals surface area contributed by atoms with Gasteiger partial charge >= 0.3 is 5.97 Å². The molecule has 3 atom stereocenters. The average molecular weight is 327 g/mol. The summed E-state index contributed by atoms with van der Waals surface area (Å²) in [6.07, 6.45) is 2.95. The summed E-state index contributed by atoms with van der Waals surface area (Å²) in [6, 6.07) is -1.05. The van der Waals surface area contributed by atoms with Gasteiger partial charge in [-0.2, -0.15) is 0 Å². The van der Waals surface area contributed by atoms with Gasteiger partial charge in [-0.05, 0) is 18.9 Å². The fourth-order valence-corrected chi connectivity index (χ4v) is 3.08. The normalized spacial score (nSPS) is 29.5. The second-order valence-corrected chi connectivity index (χ2v) is 6.03. The number of aliphatic carboxylic acids is 1. The van der Waals surface area contributed by atoms with Crippen molar-refractivity contribution in [2.45, 2.75) is 44.1 Å². The molecule has 1 amide bonds. The molecule has 0 bridgehead atoms. The molecule has 0 aromatic heterocycles. The molecule has 2 rings (SSSR count). The average Bonchev–Trinajstić information content (AvgIpc) is 2.50. The van der Waals surface area contributed by atoms with Gasteiger partial charge in [0.1, 0.15) is 6.10 Å². The lowest BCUT2D eigenvalue weighted by Crippen LogP contribution is -2.59. The van der Waals surface area contributed by atoms with Crippen LogP contribution in [0.3, 0.4) is 0 Å². The highest BCUT2D eigenvalue weighted by molar-refractivity contribution is 5.84. The monoisotopic (exact) mass is 327 g/mol. The highest BCUT2D eigenvalue weighted by atomic mass is 16.5. The Morgan fingerprint density at radius 3 is 2.65 bits per heavy atom. The number of rotatable bonds is 5. The zero-order chi connectivity index (χ0) is 17.0. The van der Waals surface area contributed by atoms with Gasteiger partial charge in [-0.3, -0.25) is 9.69 Å². The minimum absolute atomic E-state index is 0.157. The Morgan fingerprint density at radius 2 is 2.13 bits per heavy atom. The number of nitrogens with one attached hydrogen (secondary N) is 1. The van der Waals surface area contributed by atoms with E-state index in [1.165, 1.54) is 13.0 Å². The minimum Gasteiger partial charge on any atom is -0.480 e. The van der Waals surface area contributed by atoms with E-state index in [1.807, 2.05) is 0 Å². The molecule has 0 spiro atoms. The zero-order valence-electron chi connectivity index (χ0n) is 13.5. The van der Waals surface area contributed by atoms with Gasteiger partial charge in [-0.25, -0.2) is 4.79 Å². The minimum atomic E-state index is -1.15. The van der Waals surface area contributed by atoms with Crippen molar-refractivity contribution in [3.8, 4) is 0 Å². The van der Waals surface area contributed by atoms with Gasteiger partial charge in [0, 0.05) is 33.7 Å². The van der Waals surface area contributed by atoms with Gasteiger partial charge < -0.3 is 25.6 Å². The molecular formula is C15H25N3O5. The summed E-state index contributed by atoms with van der Waals surface area (Å²) < 4.78 is 10.9. The molecule has 1 fully saturated rings. The number of carboxylic acid groups (broad SMARTS) is 1. The number of carbonyl (C=O) groups is 2. The second kappa shape index (κ2) is 7.76. The Morgan fingerprint density at radius 1 is 1.48 bits per heavy atom. The molecule has 130 valence electrons. The summed E-state index contributed by atoms with van der Waals surface area (Å²) in [5.41, 5.74) is 6.02. The number of methoxy groups -OCH3 is 1. The molecule has 1 saturated heterocycles. The number of amides is 1. The van der Waals surface area contributed by atoms with Crippen molar-refractivity contribution >= 4 is 11.9 Å². The van der Waals surface area contributed by atoms with Gasteiger partial charge in [-0.1, -0.05) is 0 Å². The Bertz CT molecular complexity index is 474. The number of hydrogen-bond acceptors (Lipinski definition) is 6. The third kappa shape index (κ3) is 4.66. The van der Waals surface area contributed by atoms with Gasteiger partial charge in [0.25, 0.3) is 0 Å². The number of nitrogens with two attached hydrogens (primary N) is 1. The third-order valence-electron chi connectivity index (χ3n) is 4.32. The van der Waals surface area contributed by atoms with Crippen LogP contribution < -0.4 is 11.1 Å². The van der Waals surface area contributed by atoms with Crippen molar-refractivity contribution < 1.29 is 24.2 Å². The summed E-state index contributed by atoms with van der Waals surface area (Å²) in [6.45, 7) is 3.60. The molecule has 2 aliphatic heterocycles. The molecule has 0 aromatic rings. The van der Waals surface area contributed by atoms with Crippen LogP contribution in [-0.4, -0.2) is 72.9 Å². The number of likely N-dealkylation sites (tertiary alicyclic amines) is 1. The van der Waals surface area contributed by atoms with Crippen molar-refractivity contribution in [2.24, 2.45) is 5.73 Å². The maximum Gasteiger partial charge on any atom is 0.370 e. The Labute approximate surface area is 135 Å². The van der Waals surface area contributed by atoms with E-state index in [1.54, 1.807) is 7.11 Å². The summed E-state index contributed by atoms with van der Waals surface area (Å²) in [4.78, 5) is 24.8. The van der Waals surface area contributed by atoms with Crippen LogP contribution in [0.4, 0.5) is 0 Å². The first-order chi connectivity index (χ1) is 10.9. The predicted molar refractivity (Wildman–Crippen MR) is 82.6 cm³/mol. The van der Waals surface area contributed by atoms with Crippen LogP contribution in [0.5, 0.6) is 0 Å². The van der Waals surface area contributed by atoms with Crippen LogP contribution >= 0.6 is 0 Å². The number of piperidine rings is 1. The van der Waals surface area contributed by atoms with Crippen LogP contribution in [0, 0.1) is 0 Å². The highest BCUT2D eigenvalue weighted by Crippen LogP contribution is 2.21. The standard InChI is InChI=1S/C15H25N3O5/c1-9(19)17-14-11(16)7-12(15(20)21)23-13(14)8-18-5-3-10(22-2)4-6-18/h7,10-11,13-14H,3-6,8,16H2,1-2H3,(H,17,19)(H,20,21)/t11-,13-,14+/m0/s1. The molecule has 0 radical (unpaired) electrons. The maximum absolute atomic E-state index is 11.4. The van der Waals surface area contributed by atoms with E-state index in [4.69, 9.17) is 20.3 Å². The van der Waals surface area contributed by atoms with Crippen molar-refractivity contribution in [2.75, 3.05) is 26.7 Å². The smallest absolute Gasteiger partial charge is 0.370 e. The number of carbonyl (C=O) groups excluding carboxylic acids is 1. The fraction of sp³-hybridized carbons (Fsp3) is 0.733. The Kier molecular flexibility index (Phi) is 5.97. The van der Waals surface area contributed by atoms with E-state index in [0.717, 1.165) is 25.9 Å². The highest BCUT2D eigenvalue weighted by Gasteiger charge is 2.37. The van der Waals surface area contributed by atoms with Crippen LogP contribution in [0.2, 0.25) is 0 Å². The number of nitrogens with zero attached hydrogens (tertiary/aromatic N) is 1. The Balaban J connectivity index is 2.04. The number of ether oxygens (including phenoxy) is 2. The molecule has 0 aliphatic carbocycles. The van der Waals surface area contributed by atoms with E-state index < -0.39 is 24.2 Å². The van der Waals surface area contributed by atoms with Gasteiger partial charge in [0.05, 0.1) is 18.2 Å². The van der Waals surface area contributed by atoms with Crippen molar-refractivity contribution in [3.63, 3.8) is 0 Å². The quantitative estimate of drug-likeness (QED) is 0.611. The number of hydrogen-bond donors (Lipinski definition) is 3. The van der Waals surface area contributed by atoms with Crippen LogP contribution in [-0.2, 0) is 19.1 Å². The van der Waals surface area contributed by atoms with E-state index in [9.17, 15) is 9.59 Å². The van der Waals surface area contributed by atoms with Crippen LogP contribution in [0.15, 0.2) is 11.8 Å². The second-order valence-electron chi connectivity index (χ2n) is 6.03. The summed E-state index contributed by atoms with van der Waals surface area (Å²) >= 11 is 0. The molecule has 23 heavy (non-hydrogen) atoms. The Hall–Kier alpha value is -1.64. The van der Waals surface area contributed by atoms with Gasteiger partial charge in [-0.15, -0.1) is 0 Å². The molecule has 2 heterocycles. The summed E-state index contributed by atoms with van der Waals surface area (Å²) in [7, 11) is 1.71. The number of carboxylic acids is 1. The third-order valence-corrected chi connectivity index (χ3v) is 4.32. The van der Waals surface area contributed by atoms with Gasteiger partial charge in [0.2, 0.25) is 11.7 Å². The predicted octanol–water partition coefficient (Wildman–Crippen LogP) is -0.703. The van der Waals surface area contributed by atoms with Crippen molar-refractivity contribution in [1.29, 1.82) is 0 Å². The topological polar surface area (TPSA) is 114 Å². The molecule has 8 heteroatoms. The molecule has 0 unspecified atom stereocenters. The van der Waals surface area contributed by atoms with Crippen LogP contribution in [0.25, 0.3) is 0 Å².